The molecule has 0 amide bonds. The fraction of sp³-hybridized carbons (Fsp3) is 0.556. The molecule has 0 aromatic heterocycles. The first-order valence-corrected chi connectivity index (χ1v) is 11.2. The van der Waals surface area contributed by atoms with Gasteiger partial charge in [0, 0.05) is 18.4 Å². The number of carbonyl (C=O) groups excluding carboxylic acids is 2. The summed E-state index contributed by atoms with van der Waals surface area (Å²) in [6.45, 7) is 7.75. The van der Waals surface area contributed by atoms with Gasteiger partial charge in [0.1, 0.15) is 5.78 Å². The van der Waals surface area contributed by atoms with Gasteiger partial charge in [-0.15, -0.1) is 0 Å². The molecule has 0 aromatic carbocycles. The van der Waals surface area contributed by atoms with Gasteiger partial charge in [0.2, 0.25) is 0 Å². The second kappa shape index (κ2) is 7.66. The maximum atomic E-state index is 13.1. The number of likely N-dealkylation sites (N-methyl/N-ethyl adjacent to an activating group) is 1. The van der Waals surface area contributed by atoms with Crippen LogP contribution in [0.5, 0.6) is 0 Å². The van der Waals surface area contributed by atoms with Crippen LogP contribution in [-0.4, -0.2) is 40.3 Å². The zero-order valence-electron chi connectivity index (χ0n) is 13.9. The lowest BCUT2D eigenvalue weighted by Crippen LogP contribution is -2.46. The van der Waals surface area contributed by atoms with E-state index in [0.29, 0.717) is 18.6 Å². The van der Waals surface area contributed by atoms with E-state index in [0.717, 1.165) is 12.0 Å². The van der Waals surface area contributed by atoms with Gasteiger partial charge in [0.05, 0.1) is 10.8 Å². The van der Waals surface area contributed by atoms with Crippen LogP contribution in [0.15, 0.2) is 36.5 Å². The van der Waals surface area contributed by atoms with Crippen LogP contribution in [0.25, 0.3) is 0 Å². The number of carbonyl (C=O) groups is 2. The van der Waals surface area contributed by atoms with Gasteiger partial charge in [-0.05, 0) is 54.9 Å². The predicted molar refractivity (Wildman–Crippen MR) is 106 cm³/mol. The molecule has 2 rings (SSSR count). The molecule has 5 heteroatoms. The summed E-state index contributed by atoms with van der Waals surface area (Å²) < 4.78 is -0.513. The first-order chi connectivity index (χ1) is 10.8. The van der Waals surface area contributed by atoms with E-state index in [2.05, 4.69) is 32.7 Å². The molecule has 4 atom stereocenters. The molecular weight excluding hydrogens is 421 g/mol. The third kappa shape index (κ3) is 3.99. The van der Waals surface area contributed by atoms with Crippen molar-refractivity contribution in [3.63, 3.8) is 0 Å². The Labute approximate surface area is 155 Å². The highest BCUT2D eigenvalue weighted by Crippen LogP contribution is 2.46. The minimum absolute atomic E-state index is 0.0134. The molecule has 1 heterocycles. The van der Waals surface area contributed by atoms with Crippen molar-refractivity contribution in [2.75, 3.05) is 7.05 Å². The summed E-state index contributed by atoms with van der Waals surface area (Å²) in [6.07, 6.45) is 9.87. The Morgan fingerprint density at radius 3 is 2.74 bits per heavy atom. The van der Waals surface area contributed by atoms with Gasteiger partial charge in [0.15, 0.2) is 5.78 Å². The van der Waals surface area contributed by atoms with Crippen molar-refractivity contribution in [1.29, 1.82) is 0 Å². The van der Waals surface area contributed by atoms with Gasteiger partial charge in [-0.2, -0.15) is 0 Å². The molecule has 4 unspecified atom stereocenters. The number of hydrogen-bond donors (Lipinski definition) is 0. The molecule has 126 valence electrons. The summed E-state index contributed by atoms with van der Waals surface area (Å²) in [5.74, 6) is 0.500. The minimum atomic E-state index is -0.513. The van der Waals surface area contributed by atoms with Crippen LogP contribution >= 0.6 is 30.1 Å². The third-order valence-electron chi connectivity index (χ3n) is 4.88. The lowest BCUT2D eigenvalue weighted by atomic mass is 9.89. The Kier molecular flexibility index (Phi) is 6.30. The zero-order chi connectivity index (χ0) is 17.2. The Bertz CT molecular complexity index is 571. The van der Waals surface area contributed by atoms with Crippen molar-refractivity contribution >= 4 is 41.7 Å². The summed E-state index contributed by atoms with van der Waals surface area (Å²) >= 11 is 2.20. The molecule has 0 bridgehead atoms. The number of halogens is 1. The molecular formula is C18H24INO2S. The number of hydrogen-bond acceptors (Lipinski definition) is 4. The largest absolute Gasteiger partial charge is 0.299 e. The Hall–Kier alpha value is -0.400. The summed E-state index contributed by atoms with van der Waals surface area (Å²) in [6, 6.07) is -0.102. The SMILES string of the molecule is C=C(C)/C=C\C=C/C1C(=O)C(C)(SI)CC2C(=O)CCC2N1C. The molecule has 0 N–H and O–H groups in total. The molecule has 1 aliphatic heterocycles. The van der Waals surface area contributed by atoms with E-state index < -0.39 is 4.75 Å². The van der Waals surface area contributed by atoms with Crippen LogP contribution in [0.3, 0.4) is 0 Å². The number of Topliss-reactive ketones (excluding diaryl/α,β-unsaturated/α-hetero) is 2. The Morgan fingerprint density at radius 2 is 2.13 bits per heavy atom. The quantitative estimate of drug-likeness (QED) is 0.482. The van der Waals surface area contributed by atoms with Crippen LogP contribution in [-0.2, 0) is 9.59 Å². The van der Waals surface area contributed by atoms with Crippen LogP contribution in [0.4, 0.5) is 0 Å². The fourth-order valence-electron chi connectivity index (χ4n) is 3.53. The van der Waals surface area contributed by atoms with Gasteiger partial charge in [-0.1, -0.05) is 45.4 Å². The zero-order valence-corrected chi connectivity index (χ0v) is 16.9. The number of allylic oxidation sites excluding steroid dienone is 4. The monoisotopic (exact) mass is 445 g/mol. The lowest BCUT2D eigenvalue weighted by Gasteiger charge is -2.30. The Balaban J connectivity index is 2.33. The van der Waals surface area contributed by atoms with E-state index in [1.807, 2.05) is 45.2 Å². The minimum Gasteiger partial charge on any atom is -0.299 e. The first kappa shape index (κ1) is 18.9. The van der Waals surface area contributed by atoms with Gasteiger partial charge < -0.3 is 0 Å². The molecule has 23 heavy (non-hydrogen) atoms. The van der Waals surface area contributed by atoms with Crippen molar-refractivity contribution < 1.29 is 9.59 Å². The van der Waals surface area contributed by atoms with E-state index in [4.69, 9.17) is 0 Å². The molecule has 1 saturated carbocycles. The normalized spacial score (nSPS) is 35.9. The molecule has 3 nitrogen and oxygen atoms in total. The second-order valence-corrected chi connectivity index (χ2v) is 9.13. The lowest BCUT2D eigenvalue weighted by molar-refractivity contribution is -0.123. The molecule has 0 spiro atoms. The van der Waals surface area contributed by atoms with E-state index in [1.165, 1.54) is 0 Å². The number of rotatable bonds is 4. The predicted octanol–water partition coefficient (Wildman–Crippen LogP) is 4.14. The number of ketones is 2. The van der Waals surface area contributed by atoms with Crippen LogP contribution in [0.1, 0.15) is 33.1 Å². The third-order valence-corrected chi connectivity index (χ3v) is 8.51. The fourth-order valence-corrected chi connectivity index (χ4v) is 5.16. The molecule has 1 aliphatic carbocycles. The Morgan fingerprint density at radius 1 is 1.43 bits per heavy atom. The highest BCUT2D eigenvalue weighted by atomic mass is 127. The van der Waals surface area contributed by atoms with E-state index >= 15 is 0 Å². The van der Waals surface area contributed by atoms with Crippen molar-refractivity contribution in [3.8, 4) is 0 Å². The highest BCUT2D eigenvalue weighted by molar-refractivity contribution is 14.2. The van der Waals surface area contributed by atoms with Crippen molar-refractivity contribution in [1.82, 2.24) is 4.90 Å². The molecule has 0 radical (unpaired) electrons. The van der Waals surface area contributed by atoms with Crippen molar-refractivity contribution in [2.45, 2.75) is 49.9 Å². The van der Waals surface area contributed by atoms with Gasteiger partial charge in [-0.3, -0.25) is 14.5 Å². The summed E-state index contributed by atoms with van der Waals surface area (Å²) in [5.41, 5.74) is 0.976. The topological polar surface area (TPSA) is 37.4 Å². The average molecular weight is 445 g/mol. The second-order valence-electron chi connectivity index (χ2n) is 6.76. The maximum absolute atomic E-state index is 13.1. The van der Waals surface area contributed by atoms with Crippen molar-refractivity contribution in [2.24, 2.45) is 5.92 Å². The van der Waals surface area contributed by atoms with E-state index in [1.54, 1.807) is 8.93 Å². The number of fused-ring (bicyclic) bond motifs is 1. The maximum Gasteiger partial charge on any atom is 0.170 e. The van der Waals surface area contributed by atoms with Gasteiger partial charge >= 0.3 is 0 Å². The van der Waals surface area contributed by atoms with Crippen LogP contribution in [0.2, 0.25) is 0 Å². The average Bonchev–Trinajstić information content (AvgIpc) is 2.83. The smallest absolute Gasteiger partial charge is 0.170 e. The van der Waals surface area contributed by atoms with E-state index in [9.17, 15) is 9.59 Å². The van der Waals surface area contributed by atoms with Crippen LogP contribution in [0, 0.1) is 5.92 Å². The highest BCUT2D eigenvalue weighted by Gasteiger charge is 2.51. The van der Waals surface area contributed by atoms with E-state index in [-0.39, 0.29) is 23.8 Å². The first-order valence-electron chi connectivity index (χ1n) is 7.89. The number of likely N-dealkylation sites (tertiary alicyclic amines) is 1. The summed E-state index contributed by atoms with van der Waals surface area (Å²) in [7, 11) is 3.53. The standard InChI is InChI=1S/C18H24INO2S/c1-12(2)7-5-6-8-15-17(22)18(3,23-19)11-13-14(20(15)4)9-10-16(13)21/h5-8,13-15H,1,9-11H2,2-4H3/b7-5-,8-6-. The number of nitrogens with zero attached hydrogens (tertiary/aromatic N) is 1. The molecule has 2 fully saturated rings. The molecule has 2 aliphatic rings. The summed E-state index contributed by atoms with van der Waals surface area (Å²) in [4.78, 5) is 27.5. The molecule has 0 aromatic rings. The van der Waals surface area contributed by atoms with Gasteiger partial charge in [-0.25, -0.2) is 0 Å². The van der Waals surface area contributed by atoms with Crippen LogP contribution < -0.4 is 0 Å². The molecule has 1 saturated heterocycles. The van der Waals surface area contributed by atoms with Crippen molar-refractivity contribution in [3.05, 3.63) is 36.5 Å². The van der Waals surface area contributed by atoms with Gasteiger partial charge in [0.25, 0.3) is 0 Å². The summed E-state index contributed by atoms with van der Waals surface area (Å²) in [5, 5.41) is 0.